The van der Waals surface area contributed by atoms with Crippen molar-refractivity contribution in [1.82, 2.24) is 5.32 Å². The number of nitrogens with zero attached hydrogens (tertiary/aromatic N) is 1. The van der Waals surface area contributed by atoms with Crippen LogP contribution in [0.4, 0.5) is 8.78 Å². The first-order valence-corrected chi connectivity index (χ1v) is 7.15. The van der Waals surface area contributed by atoms with Gasteiger partial charge in [-0.25, -0.2) is 0 Å². The Morgan fingerprint density at radius 1 is 1.41 bits per heavy atom. The van der Waals surface area contributed by atoms with Gasteiger partial charge in [0.25, 0.3) is 0 Å². The van der Waals surface area contributed by atoms with Crippen molar-refractivity contribution < 1.29 is 18.6 Å². The molecule has 0 heterocycles. The molecule has 0 bridgehead atoms. The zero-order valence-corrected chi connectivity index (χ0v) is 12.8. The molecule has 5 nitrogen and oxygen atoms in total. The van der Waals surface area contributed by atoms with Gasteiger partial charge in [-0.3, -0.25) is 4.99 Å². The van der Waals surface area contributed by atoms with Crippen LogP contribution in [0.5, 0.6) is 5.75 Å². The van der Waals surface area contributed by atoms with Crippen molar-refractivity contribution in [1.29, 1.82) is 0 Å². The minimum absolute atomic E-state index is 0.00133. The molecule has 1 aromatic rings. The van der Waals surface area contributed by atoms with Gasteiger partial charge in [0.1, 0.15) is 5.75 Å². The highest BCUT2D eigenvalue weighted by Crippen LogP contribution is 2.21. The van der Waals surface area contributed by atoms with Gasteiger partial charge in [-0.1, -0.05) is 26.0 Å². The number of guanidine groups is 1. The van der Waals surface area contributed by atoms with Crippen molar-refractivity contribution in [3.05, 3.63) is 29.8 Å². The van der Waals surface area contributed by atoms with E-state index >= 15 is 0 Å². The van der Waals surface area contributed by atoms with Crippen LogP contribution in [0.3, 0.4) is 0 Å². The second-order valence-electron chi connectivity index (χ2n) is 5.30. The van der Waals surface area contributed by atoms with E-state index in [2.05, 4.69) is 28.9 Å². The molecule has 4 N–H and O–H groups in total. The molecule has 0 saturated heterocycles. The van der Waals surface area contributed by atoms with E-state index in [1.165, 1.54) is 18.2 Å². The number of rotatable bonds is 8. The van der Waals surface area contributed by atoms with Gasteiger partial charge in [-0.2, -0.15) is 8.78 Å². The summed E-state index contributed by atoms with van der Waals surface area (Å²) in [5, 5.41) is 13.0. The second-order valence-corrected chi connectivity index (χ2v) is 5.30. The number of aliphatic imine (C=N–C) groups is 1. The Kier molecular flexibility index (Phi) is 7.59. The van der Waals surface area contributed by atoms with Crippen molar-refractivity contribution in [2.75, 3.05) is 13.1 Å². The third-order valence-corrected chi connectivity index (χ3v) is 2.93. The summed E-state index contributed by atoms with van der Waals surface area (Å²) in [5.41, 5.74) is 6.13. The number of ether oxygens (including phenoxy) is 1. The van der Waals surface area contributed by atoms with Gasteiger partial charge >= 0.3 is 6.61 Å². The third-order valence-electron chi connectivity index (χ3n) is 2.93. The van der Waals surface area contributed by atoms with E-state index in [1.807, 2.05) is 0 Å². The molecule has 0 amide bonds. The van der Waals surface area contributed by atoms with Crippen LogP contribution in [0.15, 0.2) is 29.3 Å². The highest BCUT2D eigenvalue weighted by molar-refractivity contribution is 5.77. The Balaban J connectivity index is 2.52. The highest BCUT2D eigenvalue weighted by atomic mass is 19.3. The molecular formula is C15H23F2N3O2. The summed E-state index contributed by atoms with van der Waals surface area (Å²) in [6.45, 7) is 2.06. The van der Waals surface area contributed by atoms with Crippen molar-refractivity contribution in [2.45, 2.75) is 33.0 Å². The minimum Gasteiger partial charge on any atom is -0.435 e. The predicted molar refractivity (Wildman–Crippen MR) is 82.0 cm³/mol. The Bertz CT molecular complexity index is 482. The molecule has 124 valence electrons. The molecule has 0 radical (unpaired) electrons. The maximum absolute atomic E-state index is 12.2. The number of aliphatic hydroxyl groups excluding tert-OH is 1. The summed E-state index contributed by atoms with van der Waals surface area (Å²) in [6.07, 6.45) is 0.0258. The molecule has 1 atom stereocenters. The molecule has 1 unspecified atom stereocenters. The van der Waals surface area contributed by atoms with Crippen LogP contribution >= 0.6 is 0 Å². The summed E-state index contributed by atoms with van der Waals surface area (Å²) >= 11 is 0. The van der Waals surface area contributed by atoms with E-state index in [1.54, 1.807) is 6.07 Å². The summed E-state index contributed by atoms with van der Waals surface area (Å²) in [5.74, 6) is 0.807. The standard InChI is InChI=1S/C15H23F2N3O2/c1-10(2)6-7-19-15(18)20-9-13(21)11-4-3-5-12(8-11)22-14(16)17/h3-5,8,10,13-14,21H,6-7,9H2,1-2H3,(H3,18,19,20). The number of halogens is 2. The Labute approximate surface area is 129 Å². The first-order valence-electron chi connectivity index (χ1n) is 7.15. The van der Waals surface area contributed by atoms with Gasteiger partial charge in [0.05, 0.1) is 12.6 Å². The van der Waals surface area contributed by atoms with Gasteiger partial charge in [0, 0.05) is 6.54 Å². The van der Waals surface area contributed by atoms with Crippen LogP contribution < -0.4 is 15.8 Å². The Hall–Kier alpha value is -1.89. The van der Waals surface area contributed by atoms with Crippen molar-refractivity contribution in [2.24, 2.45) is 16.6 Å². The maximum atomic E-state index is 12.2. The topological polar surface area (TPSA) is 79.9 Å². The van der Waals surface area contributed by atoms with E-state index in [9.17, 15) is 13.9 Å². The molecule has 0 aliphatic carbocycles. The maximum Gasteiger partial charge on any atom is 0.387 e. The molecule has 1 rings (SSSR count). The summed E-state index contributed by atoms with van der Waals surface area (Å²) in [6, 6.07) is 5.90. The van der Waals surface area contributed by atoms with Crippen LogP contribution in [0, 0.1) is 5.92 Å². The second kappa shape index (κ2) is 9.19. The molecular weight excluding hydrogens is 292 g/mol. The van der Waals surface area contributed by atoms with Gasteiger partial charge in [0.15, 0.2) is 5.96 Å². The molecule has 1 aromatic carbocycles. The van der Waals surface area contributed by atoms with Gasteiger partial charge < -0.3 is 20.9 Å². The average Bonchev–Trinajstić information content (AvgIpc) is 2.44. The molecule has 0 aliphatic rings. The zero-order chi connectivity index (χ0) is 16.5. The third kappa shape index (κ3) is 7.21. The monoisotopic (exact) mass is 315 g/mol. The largest absolute Gasteiger partial charge is 0.435 e. The lowest BCUT2D eigenvalue weighted by atomic mass is 10.1. The van der Waals surface area contributed by atoms with Gasteiger partial charge in [-0.15, -0.1) is 0 Å². The normalized spacial score (nSPS) is 13.5. The fraction of sp³-hybridized carbons (Fsp3) is 0.533. The van der Waals surface area contributed by atoms with Gasteiger partial charge in [0.2, 0.25) is 0 Å². The van der Waals surface area contributed by atoms with Crippen LogP contribution in [-0.4, -0.2) is 30.8 Å². The van der Waals surface area contributed by atoms with Crippen LogP contribution in [0.25, 0.3) is 0 Å². The lowest BCUT2D eigenvalue weighted by Crippen LogP contribution is -2.33. The number of hydrogen-bond acceptors (Lipinski definition) is 3. The molecule has 7 heteroatoms. The lowest BCUT2D eigenvalue weighted by molar-refractivity contribution is -0.0499. The number of benzene rings is 1. The number of hydrogen-bond donors (Lipinski definition) is 3. The van der Waals surface area contributed by atoms with E-state index in [-0.39, 0.29) is 18.3 Å². The molecule has 22 heavy (non-hydrogen) atoms. The quantitative estimate of drug-likeness (QED) is 0.508. The van der Waals surface area contributed by atoms with Crippen molar-refractivity contribution in [3.8, 4) is 5.75 Å². The molecule has 0 aromatic heterocycles. The number of nitrogens with two attached hydrogens (primary N) is 1. The first-order chi connectivity index (χ1) is 10.4. The number of aliphatic hydroxyl groups is 1. The molecule has 0 fully saturated rings. The summed E-state index contributed by atoms with van der Waals surface area (Å²) in [7, 11) is 0. The average molecular weight is 315 g/mol. The van der Waals surface area contributed by atoms with Crippen molar-refractivity contribution >= 4 is 5.96 Å². The SMILES string of the molecule is CC(C)CCNC(N)=NCC(O)c1cccc(OC(F)F)c1. The van der Waals surface area contributed by atoms with Crippen molar-refractivity contribution in [3.63, 3.8) is 0 Å². The fourth-order valence-electron chi connectivity index (χ4n) is 1.73. The smallest absolute Gasteiger partial charge is 0.387 e. The molecule has 0 spiro atoms. The summed E-state index contributed by atoms with van der Waals surface area (Å²) < 4.78 is 28.6. The van der Waals surface area contributed by atoms with E-state index in [0.717, 1.165) is 6.42 Å². The van der Waals surface area contributed by atoms with E-state index in [4.69, 9.17) is 5.73 Å². The van der Waals surface area contributed by atoms with Crippen LogP contribution in [0.2, 0.25) is 0 Å². The minimum atomic E-state index is -2.90. The summed E-state index contributed by atoms with van der Waals surface area (Å²) in [4.78, 5) is 4.03. The van der Waals surface area contributed by atoms with Crippen LogP contribution in [0.1, 0.15) is 31.9 Å². The van der Waals surface area contributed by atoms with Gasteiger partial charge in [-0.05, 0) is 30.0 Å². The Morgan fingerprint density at radius 3 is 2.77 bits per heavy atom. The molecule has 0 saturated carbocycles. The molecule has 0 aliphatic heterocycles. The number of nitrogens with one attached hydrogen (secondary N) is 1. The van der Waals surface area contributed by atoms with E-state index < -0.39 is 12.7 Å². The first kappa shape index (κ1) is 18.2. The fourth-order valence-corrected chi connectivity index (χ4v) is 1.73. The zero-order valence-electron chi connectivity index (χ0n) is 12.8. The van der Waals surface area contributed by atoms with E-state index in [0.29, 0.717) is 18.0 Å². The predicted octanol–water partition coefficient (Wildman–Crippen LogP) is 2.27. The van der Waals surface area contributed by atoms with Crippen LogP contribution in [-0.2, 0) is 0 Å². The highest BCUT2D eigenvalue weighted by Gasteiger charge is 2.10. The lowest BCUT2D eigenvalue weighted by Gasteiger charge is -2.12. The Morgan fingerprint density at radius 2 is 2.14 bits per heavy atom. The number of alkyl halides is 2.